The highest BCUT2D eigenvalue weighted by atomic mass is 14.9. The number of rotatable bonds is 4. The molecule has 2 heteroatoms. The number of hydrogen-bond acceptors (Lipinski definition) is 2. The van der Waals surface area contributed by atoms with E-state index in [0.717, 1.165) is 12.1 Å². The molecule has 0 saturated carbocycles. The topological polar surface area (TPSA) is 24.9 Å². The molecule has 1 aromatic heterocycles. The van der Waals surface area contributed by atoms with Gasteiger partial charge in [0, 0.05) is 17.9 Å². The van der Waals surface area contributed by atoms with Crippen LogP contribution >= 0.6 is 0 Å². The van der Waals surface area contributed by atoms with E-state index in [0.29, 0.717) is 6.04 Å². The Morgan fingerprint density at radius 2 is 1.83 bits per heavy atom. The summed E-state index contributed by atoms with van der Waals surface area (Å²) >= 11 is 0. The van der Waals surface area contributed by atoms with Crippen LogP contribution in [0.15, 0.2) is 42.6 Å². The highest BCUT2D eigenvalue weighted by Crippen LogP contribution is 2.23. The summed E-state index contributed by atoms with van der Waals surface area (Å²) in [6.45, 7) is 4.22. The standard InChI is InChI=1S/C16H20N2/c1-4-16(17-3)14-7-5-13(6-8-14)15-9-10-18-12(2)11-15/h5-11,16-17H,4H2,1-3H3. The first-order valence-corrected chi connectivity index (χ1v) is 6.45. The van der Waals surface area contributed by atoms with E-state index in [-0.39, 0.29) is 0 Å². The Balaban J connectivity index is 2.27. The van der Waals surface area contributed by atoms with Crippen molar-refractivity contribution in [3.05, 3.63) is 53.9 Å². The maximum absolute atomic E-state index is 4.23. The minimum absolute atomic E-state index is 0.443. The maximum Gasteiger partial charge on any atom is 0.0378 e. The second-order valence-electron chi connectivity index (χ2n) is 4.56. The number of nitrogens with zero attached hydrogens (tertiary/aromatic N) is 1. The van der Waals surface area contributed by atoms with Crippen LogP contribution in [0.4, 0.5) is 0 Å². The second-order valence-corrected chi connectivity index (χ2v) is 4.56. The van der Waals surface area contributed by atoms with Gasteiger partial charge in [0.1, 0.15) is 0 Å². The van der Waals surface area contributed by atoms with Crippen LogP contribution in [0.3, 0.4) is 0 Å². The summed E-state index contributed by atoms with van der Waals surface area (Å²) in [7, 11) is 2.01. The van der Waals surface area contributed by atoms with Gasteiger partial charge in [-0.1, -0.05) is 31.2 Å². The van der Waals surface area contributed by atoms with Crippen LogP contribution in [0.5, 0.6) is 0 Å². The molecule has 0 aliphatic rings. The lowest BCUT2D eigenvalue weighted by atomic mass is 10.00. The van der Waals surface area contributed by atoms with Crippen molar-refractivity contribution in [1.82, 2.24) is 10.3 Å². The summed E-state index contributed by atoms with van der Waals surface area (Å²) in [6, 6.07) is 13.4. The summed E-state index contributed by atoms with van der Waals surface area (Å²) in [6.07, 6.45) is 2.96. The largest absolute Gasteiger partial charge is 0.313 e. The summed E-state index contributed by atoms with van der Waals surface area (Å²) in [5.74, 6) is 0. The molecule has 18 heavy (non-hydrogen) atoms. The van der Waals surface area contributed by atoms with Crippen LogP contribution in [0.1, 0.15) is 30.6 Å². The highest BCUT2D eigenvalue weighted by molar-refractivity contribution is 5.63. The van der Waals surface area contributed by atoms with Gasteiger partial charge in [0.2, 0.25) is 0 Å². The average Bonchev–Trinajstić information content (AvgIpc) is 2.41. The van der Waals surface area contributed by atoms with Crippen molar-refractivity contribution in [2.24, 2.45) is 0 Å². The molecule has 0 fully saturated rings. The highest BCUT2D eigenvalue weighted by Gasteiger charge is 2.06. The molecule has 1 N–H and O–H groups in total. The number of nitrogens with one attached hydrogen (secondary N) is 1. The van der Waals surface area contributed by atoms with Gasteiger partial charge >= 0.3 is 0 Å². The van der Waals surface area contributed by atoms with Gasteiger partial charge in [0.05, 0.1) is 0 Å². The first-order chi connectivity index (χ1) is 8.74. The van der Waals surface area contributed by atoms with Crippen LogP contribution in [0, 0.1) is 6.92 Å². The van der Waals surface area contributed by atoms with Crippen LogP contribution in [-0.4, -0.2) is 12.0 Å². The molecule has 94 valence electrons. The molecule has 1 heterocycles. The smallest absolute Gasteiger partial charge is 0.0378 e. The second kappa shape index (κ2) is 5.78. The maximum atomic E-state index is 4.23. The van der Waals surface area contributed by atoms with Crippen molar-refractivity contribution in [1.29, 1.82) is 0 Å². The van der Waals surface area contributed by atoms with E-state index in [2.05, 4.69) is 53.6 Å². The van der Waals surface area contributed by atoms with Crippen LogP contribution < -0.4 is 5.32 Å². The molecule has 0 amide bonds. The molecule has 0 aliphatic carbocycles. The third-order valence-electron chi connectivity index (χ3n) is 3.30. The lowest BCUT2D eigenvalue weighted by molar-refractivity contribution is 0.577. The Labute approximate surface area is 109 Å². The number of hydrogen-bond donors (Lipinski definition) is 1. The average molecular weight is 240 g/mol. The predicted octanol–water partition coefficient (Wildman–Crippen LogP) is 3.73. The van der Waals surface area contributed by atoms with Crippen LogP contribution in [0.2, 0.25) is 0 Å². The summed E-state index contributed by atoms with van der Waals surface area (Å²) in [4.78, 5) is 4.23. The Bertz CT molecular complexity index is 499. The fourth-order valence-electron chi connectivity index (χ4n) is 2.24. The fourth-order valence-corrected chi connectivity index (χ4v) is 2.24. The predicted molar refractivity (Wildman–Crippen MR) is 76.5 cm³/mol. The molecule has 0 bridgehead atoms. The zero-order valence-corrected chi connectivity index (χ0v) is 11.3. The van der Waals surface area contributed by atoms with E-state index in [9.17, 15) is 0 Å². The lowest BCUT2D eigenvalue weighted by Crippen LogP contribution is -2.14. The van der Waals surface area contributed by atoms with Crippen molar-refractivity contribution in [3.63, 3.8) is 0 Å². The molecule has 1 aromatic carbocycles. The van der Waals surface area contributed by atoms with Gasteiger partial charge in [-0.25, -0.2) is 0 Å². The first kappa shape index (κ1) is 12.8. The van der Waals surface area contributed by atoms with E-state index in [1.165, 1.54) is 16.7 Å². The van der Waals surface area contributed by atoms with Crippen molar-refractivity contribution >= 4 is 0 Å². The molecule has 0 spiro atoms. The Hall–Kier alpha value is -1.67. The Morgan fingerprint density at radius 1 is 1.11 bits per heavy atom. The van der Waals surface area contributed by atoms with Crippen molar-refractivity contribution < 1.29 is 0 Å². The van der Waals surface area contributed by atoms with Crippen molar-refractivity contribution in [2.75, 3.05) is 7.05 Å². The van der Waals surface area contributed by atoms with Gasteiger partial charge in [-0.3, -0.25) is 4.98 Å². The molecule has 0 saturated heterocycles. The Kier molecular flexibility index (Phi) is 4.11. The third-order valence-corrected chi connectivity index (χ3v) is 3.30. The first-order valence-electron chi connectivity index (χ1n) is 6.45. The molecule has 0 radical (unpaired) electrons. The molecule has 2 rings (SSSR count). The number of aromatic nitrogens is 1. The minimum Gasteiger partial charge on any atom is -0.313 e. The van der Waals surface area contributed by atoms with Gasteiger partial charge in [-0.15, -0.1) is 0 Å². The minimum atomic E-state index is 0.443. The van der Waals surface area contributed by atoms with Crippen LogP contribution in [-0.2, 0) is 0 Å². The van der Waals surface area contributed by atoms with Gasteiger partial charge in [-0.05, 0) is 49.2 Å². The van der Waals surface area contributed by atoms with E-state index in [1.54, 1.807) is 0 Å². The summed E-state index contributed by atoms with van der Waals surface area (Å²) in [5.41, 5.74) is 4.87. The Morgan fingerprint density at radius 3 is 2.39 bits per heavy atom. The van der Waals surface area contributed by atoms with Gasteiger partial charge in [-0.2, -0.15) is 0 Å². The molecular formula is C16H20N2. The molecule has 2 aromatic rings. The zero-order chi connectivity index (χ0) is 13.0. The van der Waals surface area contributed by atoms with Gasteiger partial charge in [0.15, 0.2) is 0 Å². The van der Waals surface area contributed by atoms with E-state index < -0.39 is 0 Å². The molecule has 1 unspecified atom stereocenters. The van der Waals surface area contributed by atoms with Gasteiger partial charge in [0.25, 0.3) is 0 Å². The van der Waals surface area contributed by atoms with Crippen molar-refractivity contribution in [3.8, 4) is 11.1 Å². The number of aryl methyl sites for hydroxylation is 1. The molecule has 1 atom stereocenters. The number of pyridine rings is 1. The molecular weight excluding hydrogens is 220 g/mol. The monoisotopic (exact) mass is 240 g/mol. The van der Waals surface area contributed by atoms with Crippen LogP contribution in [0.25, 0.3) is 11.1 Å². The third kappa shape index (κ3) is 2.77. The lowest BCUT2D eigenvalue weighted by Gasteiger charge is -2.14. The summed E-state index contributed by atoms with van der Waals surface area (Å²) < 4.78 is 0. The summed E-state index contributed by atoms with van der Waals surface area (Å²) in [5, 5.41) is 3.33. The van der Waals surface area contributed by atoms with E-state index in [4.69, 9.17) is 0 Å². The molecule has 0 aliphatic heterocycles. The van der Waals surface area contributed by atoms with Crippen molar-refractivity contribution in [2.45, 2.75) is 26.3 Å². The molecule has 2 nitrogen and oxygen atoms in total. The van der Waals surface area contributed by atoms with E-state index >= 15 is 0 Å². The SMILES string of the molecule is CCC(NC)c1ccc(-c2ccnc(C)c2)cc1. The van der Waals surface area contributed by atoms with E-state index in [1.807, 2.05) is 20.2 Å². The fraction of sp³-hybridized carbons (Fsp3) is 0.312. The normalized spacial score (nSPS) is 12.4. The number of benzene rings is 1. The van der Waals surface area contributed by atoms with Gasteiger partial charge < -0.3 is 5.32 Å². The quantitative estimate of drug-likeness (QED) is 0.881. The zero-order valence-electron chi connectivity index (χ0n) is 11.3.